The monoisotopic (exact) mass is 242 g/mol. The molecule has 1 atom stereocenters. The fourth-order valence-corrected chi connectivity index (χ4v) is 1.83. The maximum atomic E-state index is 10.9. The molecule has 1 aromatic heterocycles. The van der Waals surface area contributed by atoms with Crippen molar-refractivity contribution in [3.8, 4) is 0 Å². The summed E-state index contributed by atoms with van der Waals surface area (Å²) in [6.45, 7) is 2.63. The lowest BCUT2D eigenvalue weighted by Crippen LogP contribution is -2.09. The molecule has 6 heteroatoms. The van der Waals surface area contributed by atoms with Gasteiger partial charge in [0.2, 0.25) is 0 Å². The van der Waals surface area contributed by atoms with E-state index < -0.39 is 10.8 Å². The average Bonchev–Trinajstić information content (AvgIpc) is 2.23. The highest BCUT2D eigenvalue weighted by Crippen LogP contribution is 2.09. The topological polar surface area (TPSA) is 66.9 Å². The summed E-state index contributed by atoms with van der Waals surface area (Å²) in [4.78, 5) is 8.46. The van der Waals surface area contributed by atoms with Gasteiger partial charge in [0.05, 0.1) is 0 Å². The largest absolute Gasteiger partial charge is 0.373 e. The van der Waals surface area contributed by atoms with Gasteiger partial charge in [-0.1, -0.05) is 0 Å². The molecular formula is C10H18N4OS. The van der Waals surface area contributed by atoms with Crippen molar-refractivity contribution < 1.29 is 4.21 Å². The first kappa shape index (κ1) is 12.9. The number of nitrogens with zero attached hydrogens (tertiary/aromatic N) is 2. The van der Waals surface area contributed by atoms with E-state index in [2.05, 4.69) is 20.6 Å². The Kier molecular flexibility index (Phi) is 5.18. The summed E-state index contributed by atoms with van der Waals surface area (Å²) in [6.07, 6.45) is 2.59. The second kappa shape index (κ2) is 6.42. The van der Waals surface area contributed by atoms with E-state index in [0.717, 1.165) is 36.2 Å². The Morgan fingerprint density at radius 2 is 2.06 bits per heavy atom. The van der Waals surface area contributed by atoms with Crippen LogP contribution in [0.1, 0.15) is 12.2 Å². The highest BCUT2D eigenvalue weighted by molar-refractivity contribution is 7.84. The molecule has 0 aliphatic heterocycles. The molecule has 0 aliphatic carbocycles. The fourth-order valence-electron chi connectivity index (χ4n) is 1.28. The number of hydrogen-bond donors (Lipinski definition) is 2. The molecule has 0 aromatic carbocycles. The highest BCUT2D eigenvalue weighted by Gasteiger charge is 1.99. The van der Waals surface area contributed by atoms with Crippen LogP contribution in [0.2, 0.25) is 0 Å². The Bertz CT molecular complexity index is 370. The molecule has 0 saturated carbocycles. The Balaban J connectivity index is 2.47. The smallest absolute Gasteiger partial charge is 0.131 e. The number of rotatable bonds is 6. The molecule has 0 fully saturated rings. The van der Waals surface area contributed by atoms with Crippen LogP contribution in [0.4, 0.5) is 11.6 Å². The molecule has 0 aliphatic rings. The summed E-state index contributed by atoms with van der Waals surface area (Å²) in [7, 11) is 1.11. The van der Waals surface area contributed by atoms with Crippen LogP contribution in [0.25, 0.3) is 0 Å². The minimum atomic E-state index is -0.719. The van der Waals surface area contributed by atoms with Crippen molar-refractivity contribution >= 4 is 22.4 Å². The van der Waals surface area contributed by atoms with E-state index in [-0.39, 0.29) is 0 Å². The van der Waals surface area contributed by atoms with E-state index in [9.17, 15) is 4.21 Å². The molecule has 1 aromatic rings. The third kappa shape index (κ3) is 4.57. The van der Waals surface area contributed by atoms with E-state index in [0.29, 0.717) is 0 Å². The zero-order valence-electron chi connectivity index (χ0n) is 9.91. The van der Waals surface area contributed by atoms with Gasteiger partial charge in [-0.2, -0.15) is 0 Å². The van der Waals surface area contributed by atoms with Gasteiger partial charge < -0.3 is 10.6 Å². The van der Waals surface area contributed by atoms with E-state index in [4.69, 9.17) is 0 Å². The first-order chi connectivity index (χ1) is 7.61. The summed E-state index contributed by atoms with van der Waals surface area (Å²) in [5.74, 6) is 3.05. The minimum Gasteiger partial charge on any atom is -0.373 e. The van der Waals surface area contributed by atoms with Gasteiger partial charge in [-0.05, 0) is 13.3 Å². The van der Waals surface area contributed by atoms with E-state index in [1.54, 1.807) is 6.26 Å². The summed E-state index contributed by atoms with van der Waals surface area (Å²) >= 11 is 0. The molecule has 0 spiro atoms. The molecule has 2 N–H and O–H groups in total. The van der Waals surface area contributed by atoms with Gasteiger partial charge in [0.15, 0.2) is 0 Å². The fraction of sp³-hybridized carbons (Fsp3) is 0.600. The summed E-state index contributed by atoms with van der Waals surface area (Å²) in [6, 6.07) is 1.86. The van der Waals surface area contributed by atoms with Gasteiger partial charge in [0, 0.05) is 42.5 Å². The lowest BCUT2D eigenvalue weighted by molar-refractivity contribution is 0.685. The molecule has 1 unspecified atom stereocenters. The van der Waals surface area contributed by atoms with Crippen molar-refractivity contribution in [2.24, 2.45) is 0 Å². The number of nitrogens with one attached hydrogen (secondary N) is 2. The highest BCUT2D eigenvalue weighted by atomic mass is 32.2. The van der Waals surface area contributed by atoms with E-state index in [1.165, 1.54) is 0 Å². The van der Waals surface area contributed by atoms with Crippen LogP contribution >= 0.6 is 0 Å². The number of hydrogen-bond acceptors (Lipinski definition) is 5. The van der Waals surface area contributed by atoms with Crippen LogP contribution in [0.5, 0.6) is 0 Å². The zero-order chi connectivity index (χ0) is 12.0. The predicted molar refractivity (Wildman–Crippen MR) is 68.4 cm³/mol. The molecule has 0 amide bonds. The van der Waals surface area contributed by atoms with Crippen molar-refractivity contribution in [2.75, 3.05) is 36.2 Å². The van der Waals surface area contributed by atoms with Crippen LogP contribution in [-0.4, -0.2) is 39.8 Å². The summed E-state index contributed by atoms with van der Waals surface area (Å²) in [5, 5.41) is 6.17. The standard InChI is InChI=1S/C10H18N4OS/c1-8-13-9(11-2)7-10(14-8)12-5-4-6-16(3)15/h7H,4-6H2,1-3H3,(H2,11,12,13,14). The molecule has 90 valence electrons. The maximum absolute atomic E-state index is 10.9. The van der Waals surface area contributed by atoms with Crippen LogP contribution < -0.4 is 10.6 Å². The van der Waals surface area contributed by atoms with Crippen LogP contribution in [-0.2, 0) is 10.8 Å². The molecule has 1 heterocycles. The lowest BCUT2D eigenvalue weighted by atomic mass is 10.4. The molecule has 5 nitrogen and oxygen atoms in total. The first-order valence-electron chi connectivity index (χ1n) is 5.19. The van der Waals surface area contributed by atoms with Gasteiger partial charge in [0.1, 0.15) is 17.5 Å². The minimum absolute atomic E-state index is 0.718. The summed E-state index contributed by atoms with van der Waals surface area (Å²) in [5.41, 5.74) is 0. The van der Waals surface area contributed by atoms with E-state index >= 15 is 0 Å². The maximum Gasteiger partial charge on any atom is 0.131 e. The number of aryl methyl sites for hydroxylation is 1. The Hall–Kier alpha value is -1.17. The molecule has 0 radical (unpaired) electrons. The van der Waals surface area contributed by atoms with Gasteiger partial charge >= 0.3 is 0 Å². The molecule has 1 rings (SSSR count). The van der Waals surface area contributed by atoms with Gasteiger partial charge in [-0.15, -0.1) is 0 Å². The Morgan fingerprint density at radius 1 is 1.38 bits per heavy atom. The molecule has 0 bridgehead atoms. The SMILES string of the molecule is CNc1cc(NCCCS(C)=O)nc(C)n1. The van der Waals surface area contributed by atoms with Crippen molar-refractivity contribution in [1.29, 1.82) is 0 Å². The quantitative estimate of drug-likeness (QED) is 0.729. The summed E-state index contributed by atoms with van der Waals surface area (Å²) < 4.78 is 10.9. The lowest BCUT2D eigenvalue weighted by Gasteiger charge is -2.07. The van der Waals surface area contributed by atoms with Crippen LogP contribution in [0.3, 0.4) is 0 Å². The number of anilines is 2. The van der Waals surface area contributed by atoms with Crippen molar-refractivity contribution in [1.82, 2.24) is 9.97 Å². The molecule has 16 heavy (non-hydrogen) atoms. The van der Waals surface area contributed by atoms with Gasteiger partial charge in [-0.3, -0.25) is 4.21 Å². The average molecular weight is 242 g/mol. The van der Waals surface area contributed by atoms with Crippen molar-refractivity contribution in [3.05, 3.63) is 11.9 Å². The van der Waals surface area contributed by atoms with E-state index in [1.807, 2.05) is 20.0 Å². The predicted octanol–water partition coefficient (Wildman–Crippen LogP) is 1.01. The van der Waals surface area contributed by atoms with Crippen molar-refractivity contribution in [2.45, 2.75) is 13.3 Å². The second-order valence-electron chi connectivity index (χ2n) is 3.49. The third-order valence-corrected chi connectivity index (χ3v) is 2.87. The molecular weight excluding hydrogens is 224 g/mol. The zero-order valence-corrected chi connectivity index (χ0v) is 10.7. The second-order valence-corrected chi connectivity index (χ2v) is 5.05. The van der Waals surface area contributed by atoms with Gasteiger partial charge in [0.25, 0.3) is 0 Å². The molecule has 0 saturated heterocycles. The normalized spacial score (nSPS) is 12.2. The Labute approximate surface area is 98.5 Å². The van der Waals surface area contributed by atoms with Crippen LogP contribution in [0.15, 0.2) is 6.07 Å². The first-order valence-corrected chi connectivity index (χ1v) is 6.92. The van der Waals surface area contributed by atoms with Gasteiger partial charge in [-0.25, -0.2) is 9.97 Å². The van der Waals surface area contributed by atoms with Crippen LogP contribution in [0, 0.1) is 6.92 Å². The Morgan fingerprint density at radius 3 is 2.69 bits per heavy atom. The van der Waals surface area contributed by atoms with Crippen molar-refractivity contribution in [3.63, 3.8) is 0 Å². The third-order valence-electron chi connectivity index (χ3n) is 2.01. The number of aromatic nitrogens is 2.